The van der Waals surface area contributed by atoms with Gasteiger partial charge in [0, 0.05) is 31.4 Å². The van der Waals surface area contributed by atoms with Gasteiger partial charge in [0.2, 0.25) is 15.9 Å². The predicted octanol–water partition coefficient (Wildman–Crippen LogP) is 1.05. The maximum absolute atomic E-state index is 12.5. The van der Waals surface area contributed by atoms with Crippen LogP contribution in [0.4, 0.5) is 5.69 Å². The molecule has 1 N–H and O–H groups in total. The molecule has 0 bridgehead atoms. The number of amides is 1. The van der Waals surface area contributed by atoms with Crippen molar-refractivity contribution in [3.8, 4) is 0 Å². The number of anilines is 1. The molecule has 0 radical (unpaired) electrons. The van der Waals surface area contributed by atoms with Gasteiger partial charge in [0.25, 0.3) is 5.56 Å². The number of aromatic nitrogens is 2. The lowest BCUT2D eigenvalue weighted by molar-refractivity contribution is -0.115. The Bertz CT molecular complexity index is 1010. The van der Waals surface area contributed by atoms with Crippen molar-refractivity contribution < 1.29 is 13.2 Å². The Kier molecular flexibility index (Phi) is 5.43. The van der Waals surface area contributed by atoms with E-state index < -0.39 is 10.0 Å². The molecule has 0 saturated carbocycles. The largest absolute Gasteiger partial charge is 0.326 e. The van der Waals surface area contributed by atoms with E-state index in [2.05, 4.69) is 10.3 Å². The van der Waals surface area contributed by atoms with E-state index >= 15 is 0 Å². The molecule has 0 aliphatic carbocycles. The van der Waals surface area contributed by atoms with Crippen molar-refractivity contribution in [1.82, 2.24) is 13.9 Å². The topological polar surface area (TPSA) is 101 Å². The zero-order valence-corrected chi connectivity index (χ0v) is 16.1. The number of hydrogen-bond donors (Lipinski definition) is 1. The first-order valence-electron chi connectivity index (χ1n) is 8.70. The Morgan fingerprint density at radius 1 is 1.19 bits per heavy atom. The molecule has 1 aliphatic heterocycles. The molecule has 144 valence electrons. The SMILES string of the molecule is Cc1c(CC(=O)Nc2ccc(S(=O)(=O)N3CCCC3)cc2)ncn(C)c1=O. The first-order valence-corrected chi connectivity index (χ1v) is 10.1. The summed E-state index contributed by atoms with van der Waals surface area (Å²) < 4.78 is 27.8. The molecular formula is C18H22N4O4S. The van der Waals surface area contributed by atoms with Crippen LogP contribution in [0, 0.1) is 6.92 Å². The van der Waals surface area contributed by atoms with Gasteiger partial charge in [-0.25, -0.2) is 13.4 Å². The summed E-state index contributed by atoms with van der Waals surface area (Å²) in [5.74, 6) is -0.325. The Labute approximate surface area is 157 Å². The number of carbonyl (C=O) groups is 1. The fraction of sp³-hybridized carbons (Fsp3) is 0.389. The zero-order valence-electron chi connectivity index (χ0n) is 15.3. The second kappa shape index (κ2) is 7.61. The van der Waals surface area contributed by atoms with Crippen molar-refractivity contribution in [3.05, 3.63) is 52.2 Å². The summed E-state index contributed by atoms with van der Waals surface area (Å²) in [7, 11) is -1.87. The third-order valence-electron chi connectivity index (χ3n) is 4.63. The summed E-state index contributed by atoms with van der Waals surface area (Å²) in [6, 6.07) is 6.10. The second-order valence-corrected chi connectivity index (χ2v) is 8.53. The van der Waals surface area contributed by atoms with Gasteiger partial charge in [-0.3, -0.25) is 9.59 Å². The fourth-order valence-electron chi connectivity index (χ4n) is 3.02. The quantitative estimate of drug-likeness (QED) is 0.822. The van der Waals surface area contributed by atoms with Crippen LogP contribution >= 0.6 is 0 Å². The molecule has 2 aromatic rings. The van der Waals surface area contributed by atoms with E-state index in [1.807, 2.05) is 0 Å². The number of sulfonamides is 1. The number of carbonyl (C=O) groups excluding carboxylic acids is 1. The van der Waals surface area contributed by atoms with Crippen LogP contribution in [0.5, 0.6) is 0 Å². The van der Waals surface area contributed by atoms with Crippen molar-refractivity contribution in [2.45, 2.75) is 31.1 Å². The van der Waals surface area contributed by atoms with Crippen LogP contribution in [0.15, 0.2) is 40.3 Å². The van der Waals surface area contributed by atoms with Gasteiger partial charge in [0.05, 0.1) is 23.3 Å². The van der Waals surface area contributed by atoms with E-state index in [0.717, 1.165) is 12.8 Å². The molecule has 1 aromatic heterocycles. The number of nitrogens with zero attached hydrogens (tertiary/aromatic N) is 3. The maximum Gasteiger partial charge on any atom is 0.256 e. The Hall–Kier alpha value is -2.52. The molecule has 27 heavy (non-hydrogen) atoms. The zero-order chi connectivity index (χ0) is 19.6. The summed E-state index contributed by atoms with van der Waals surface area (Å²) in [6.07, 6.45) is 3.11. The number of nitrogens with one attached hydrogen (secondary N) is 1. The second-order valence-electron chi connectivity index (χ2n) is 6.59. The molecule has 2 heterocycles. The number of hydrogen-bond acceptors (Lipinski definition) is 5. The number of benzene rings is 1. The summed E-state index contributed by atoms with van der Waals surface area (Å²) in [4.78, 5) is 28.5. The molecule has 0 atom stereocenters. The Morgan fingerprint density at radius 3 is 2.44 bits per heavy atom. The first kappa shape index (κ1) is 19.2. The Balaban J connectivity index is 1.69. The van der Waals surface area contributed by atoms with E-state index in [4.69, 9.17) is 0 Å². The van der Waals surface area contributed by atoms with Crippen molar-refractivity contribution in [2.75, 3.05) is 18.4 Å². The van der Waals surface area contributed by atoms with Crippen LogP contribution < -0.4 is 10.9 Å². The fourth-order valence-corrected chi connectivity index (χ4v) is 4.53. The van der Waals surface area contributed by atoms with Crippen molar-refractivity contribution >= 4 is 21.6 Å². The van der Waals surface area contributed by atoms with Gasteiger partial charge >= 0.3 is 0 Å². The normalized spacial score (nSPS) is 15.0. The maximum atomic E-state index is 12.5. The summed E-state index contributed by atoms with van der Waals surface area (Å²) in [5, 5.41) is 2.70. The molecule has 1 fully saturated rings. The van der Waals surface area contributed by atoms with Crippen LogP contribution in [0.2, 0.25) is 0 Å². The van der Waals surface area contributed by atoms with Gasteiger partial charge < -0.3 is 9.88 Å². The molecule has 9 heteroatoms. The van der Waals surface area contributed by atoms with Gasteiger partial charge in [0.15, 0.2) is 0 Å². The van der Waals surface area contributed by atoms with E-state index in [1.165, 1.54) is 27.3 Å². The number of aryl methyl sites for hydroxylation is 1. The van der Waals surface area contributed by atoms with Crippen molar-refractivity contribution in [2.24, 2.45) is 7.05 Å². The average Bonchev–Trinajstić information content (AvgIpc) is 3.18. The molecule has 1 saturated heterocycles. The van der Waals surface area contributed by atoms with E-state index in [9.17, 15) is 18.0 Å². The van der Waals surface area contributed by atoms with Crippen LogP contribution in [-0.2, 0) is 28.3 Å². The molecule has 0 spiro atoms. The van der Waals surface area contributed by atoms with Crippen LogP contribution in [0.1, 0.15) is 24.1 Å². The molecule has 1 aliphatic rings. The molecule has 1 amide bonds. The standard InChI is InChI=1S/C18H22N4O4S/c1-13-16(19-12-21(2)18(13)24)11-17(23)20-14-5-7-15(8-6-14)27(25,26)22-9-3-4-10-22/h5-8,12H,3-4,9-11H2,1-2H3,(H,20,23). The van der Waals surface area contributed by atoms with Gasteiger partial charge in [-0.1, -0.05) is 0 Å². The highest BCUT2D eigenvalue weighted by molar-refractivity contribution is 7.89. The molecule has 1 aromatic carbocycles. The molecule has 8 nitrogen and oxygen atoms in total. The monoisotopic (exact) mass is 390 g/mol. The van der Waals surface area contributed by atoms with Gasteiger partial charge in [-0.05, 0) is 44.0 Å². The minimum absolute atomic E-state index is 0.0320. The molecule has 0 unspecified atom stereocenters. The highest BCUT2D eigenvalue weighted by atomic mass is 32.2. The predicted molar refractivity (Wildman–Crippen MR) is 101 cm³/mol. The van der Waals surface area contributed by atoms with Crippen LogP contribution in [0.3, 0.4) is 0 Å². The summed E-state index contributed by atoms with van der Waals surface area (Å²) in [6.45, 7) is 2.73. The van der Waals surface area contributed by atoms with Crippen molar-refractivity contribution in [3.63, 3.8) is 0 Å². The van der Waals surface area contributed by atoms with Gasteiger partial charge in [0.1, 0.15) is 0 Å². The van der Waals surface area contributed by atoms with Crippen LogP contribution in [0.25, 0.3) is 0 Å². The van der Waals surface area contributed by atoms with E-state index in [0.29, 0.717) is 30.0 Å². The average molecular weight is 390 g/mol. The number of rotatable bonds is 5. The van der Waals surface area contributed by atoms with Gasteiger partial charge in [-0.2, -0.15) is 4.31 Å². The summed E-state index contributed by atoms with van der Waals surface area (Å²) >= 11 is 0. The summed E-state index contributed by atoms with van der Waals surface area (Å²) in [5.41, 5.74) is 1.15. The highest BCUT2D eigenvalue weighted by Gasteiger charge is 2.26. The smallest absolute Gasteiger partial charge is 0.256 e. The van der Waals surface area contributed by atoms with E-state index in [1.54, 1.807) is 26.1 Å². The van der Waals surface area contributed by atoms with Crippen LogP contribution in [-0.4, -0.2) is 41.3 Å². The minimum Gasteiger partial charge on any atom is -0.326 e. The molecule has 3 rings (SSSR count). The van der Waals surface area contributed by atoms with Crippen molar-refractivity contribution in [1.29, 1.82) is 0 Å². The third kappa shape index (κ3) is 4.09. The highest BCUT2D eigenvalue weighted by Crippen LogP contribution is 2.22. The molecular weight excluding hydrogens is 368 g/mol. The Morgan fingerprint density at radius 2 is 1.81 bits per heavy atom. The lowest BCUT2D eigenvalue weighted by Crippen LogP contribution is -2.27. The lowest BCUT2D eigenvalue weighted by Gasteiger charge is -2.15. The minimum atomic E-state index is -3.47. The first-order chi connectivity index (χ1) is 12.8. The van der Waals surface area contributed by atoms with E-state index in [-0.39, 0.29) is 22.8 Å². The lowest BCUT2D eigenvalue weighted by atomic mass is 10.2. The third-order valence-corrected chi connectivity index (χ3v) is 6.54. The van der Waals surface area contributed by atoms with Gasteiger partial charge in [-0.15, -0.1) is 0 Å².